The zero-order valence-electron chi connectivity index (χ0n) is 16.2. The molecule has 1 atom stereocenters. The summed E-state index contributed by atoms with van der Waals surface area (Å²) in [5.41, 5.74) is 5.02. The van der Waals surface area contributed by atoms with Crippen LogP contribution in [-0.2, 0) is 19.3 Å². The Morgan fingerprint density at radius 3 is 2.52 bits per heavy atom. The number of halogens is 1. The molecule has 0 aliphatic carbocycles. The van der Waals surface area contributed by atoms with Crippen LogP contribution in [0.25, 0.3) is 0 Å². The number of rotatable bonds is 5. The second-order valence-electron chi connectivity index (χ2n) is 7.45. The molecule has 2 heterocycles. The topological polar surface area (TPSA) is 81.7 Å². The Morgan fingerprint density at radius 2 is 1.79 bits per heavy atom. The molecule has 0 saturated carbocycles. The molecule has 0 radical (unpaired) electrons. The van der Waals surface area contributed by atoms with Gasteiger partial charge in [0.25, 0.3) is 0 Å². The summed E-state index contributed by atoms with van der Waals surface area (Å²) in [6.45, 7) is 2.60. The molecule has 1 saturated heterocycles. The summed E-state index contributed by atoms with van der Waals surface area (Å²) in [5.74, 6) is -0.915. The van der Waals surface area contributed by atoms with Gasteiger partial charge in [0.15, 0.2) is 0 Å². The van der Waals surface area contributed by atoms with Crippen LogP contribution in [0.1, 0.15) is 33.5 Å². The van der Waals surface area contributed by atoms with E-state index in [0.29, 0.717) is 12.1 Å². The minimum atomic E-state index is -0.915. The number of amides is 2. The van der Waals surface area contributed by atoms with Crippen molar-refractivity contribution in [2.24, 2.45) is 0 Å². The monoisotopic (exact) mass is 415 g/mol. The van der Waals surface area contributed by atoms with Crippen LogP contribution in [0.15, 0.2) is 42.5 Å². The Kier molecular flexibility index (Phi) is 6.77. The van der Waals surface area contributed by atoms with Crippen molar-refractivity contribution >= 4 is 30.1 Å². The summed E-state index contributed by atoms with van der Waals surface area (Å²) >= 11 is 0. The number of nitrogens with zero attached hydrogens (tertiary/aromatic N) is 1. The molecule has 2 aromatic rings. The summed E-state index contributed by atoms with van der Waals surface area (Å²) in [4.78, 5) is 25.4. The van der Waals surface area contributed by atoms with Crippen LogP contribution in [0.2, 0.25) is 0 Å². The molecule has 6 nitrogen and oxygen atoms in total. The van der Waals surface area contributed by atoms with E-state index in [0.717, 1.165) is 50.0 Å². The van der Waals surface area contributed by atoms with Gasteiger partial charge in [0.1, 0.15) is 0 Å². The highest BCUT2D eigenvalue weighted by Gasteiger charge is 2.32. The second kappa shape index (κ2) is 9.29. The highest BCUT2D eigenvalue weighted by atomic mass is 35.5. The van der Waals surface area contributed by atoms with Crippen LogP contribution in [0.4, 0.5) is 10.5 Å². The maximum atomic E-state index is 12.5. The molecule has 0 aromatic heterocycles. The third-order valence-electron chi connectivity index (χ3n) is 5.65. The van der Waals surface area contributed by atoms with Crippen molar-refractivity contribution in [2.45, 2.75) is 31.7 Å². The number of hydrogen-bond acceptors (Lipinski definition) is 3. The number of urea groups is 1. The van der Waals surface area contributed by atoms with E-state index in [1.165, 1.54) is 11.1 Å². The molecule has 4 rings (SSSR count). The van der Waals surface area contributed by atoms with Gasteiger partial charge in [-0.2, -0.15) is 0 Å². The number of aromatic carboxylic acids is 1. The highest BCUT2D eigenvalue weighted by molar-refractivity contribution is 5.95. The standard InChI is InChI=1S/C22H25N3O3.ClH/c26-21(27)17-4-1-15(2-5-17)3-7-20-14-24-22(28)25(20)19-8-6-16-9-11-23-12-10-18(16)13-19;/h1-2,4-6,8,13,20,23H,3,7,9-12,14H2,(H,24,28)(H,26,27);1H. The van der Waals surface area contributed by atoms with Gasteiger partial charge in [-0.25, -0.2) is 9.59 Å². The van der Waals surface area contributed by atoms with Crippen molar-refractivity contribution in [2.75, 3.05) is 24.5 Å². The summed E-state index contributed by atoms with van der Waals surface area (Å²) in [6, 6.07) is 13.4. The maximum absolute atomic E-state index is 12.5. The number of carboxylic acids is 1. The first-order chi connectivity index (χ1) is 13.6. The molecule has 2 aliphatic rings. The number of hydrogen-bond donors (Lipinski definition) is 3. The third-order valence-corrected chi connectivity index (χ3v) is 5.65. The van der Waals surface area contributed by atoms with Crippen molar-refractivity contribution in [3.63, 3.8) is 0 Å². The second-order valence-corrected chi connectivity index (χ2v) is 7.45. The number of carbonyl (C=O) groups excluding carboxylic acids is 1. The van der Waals surface area contributed by atoms with E-state index in [1.54, 1.807) is 12.1 Å². The Hall–Kier alpha value is -2.57. The van der Waals surface area contributed by atoms with E-state index in [1.807, 2.05) is 17.0 Å². The zero-order chi connectivity index (χ0) is 19.5. The normalized spacial score (nSPS) is 18.4. The van der Waals surface area contributed by atoms with E-state index >= 15 is 0 Å². The molecule has 2 aromatic carbocycles. The van der Waals surface area contributed by atoms with Gasteiger partial charge >= 0.3 is 12.0 Å². The van der Waals surface area contributed by atoms with Crippen LogP contribution in [0.5, 0.6) is 0 Å². The predicted molar refractivity (Wildman–Crippen MR) is 115 cm³/mol. The van der Waals surface area contributed by atoms with E-state index in [2.05, 4.69) is 28.8 Å². The van der Waals surface area contributed by atoms with Gasteiger partial charge in [-0.1, -0.05) is 18.2 Å². The van der Waals surface area contributed by atoms with E-state index < -0.39 is 5.97 Å². The lowest BCUT2D eigenvalue weighted by Gasteiger charge is -2.24. The van der Waals surface area contributed by atoms with Gasteiger partial charge in [0.2, 0.25) is 0 Å². The number of aryl methyl sites for hydroxylation is 1. The number of carboxylic acid groups (broad SMARTS) is 1. The van der Waals surface area contributed by atoms with Crippen LogP contribution in [0.3, 0.4) is 0 Å². The van der Waals surface area contributed by atoms with Gasteiger partial charge in [-0.3, -0.25) is 4.90 Å². The fourth-order valence-corrected chi connectivity index (χ4v) is 4.06. The van der Waals surface area contributed by atoms with Gasteiger partial charge < -0.3 is 15.7 Å². The Balaban J connectivity index is 0.00000240. The lowest BCUT2D eigenvalue weighted by molar-refractivity contribution is 0.0697. The van der Waals surface area contributed by atoms with Crippen molar-refractivity contribution < 1.29 is 14.7 Å². The minimum absolute atomic E-state index is 0. The number of fused-ring (bicyclic) bond motifs is 1. The molecule has 154 valence electrons. The molecule has 1 unspecified atom stereocenters. The van der Waals surface area contributed by atoms with Gasteiger partial charge in [-0.05, 0) is 79.7 Å². The molecular formula is C22H26ClN3O3. The van der Waals surface area contributed by atoms with E-state index in [-0.39, 0.29) is 24.5 Å². The molecule has 0 spiro atoms. The van der Waals surface area contributed by atoms with Crippen molar-refractivity contribution in [1.29, 1.82) is 0 Å². The molecule has 2 aliphatic heterocycles. The quantitative estimate of drug-likeness (QED) is 0.701. The average Bonchev–Trinajstić information content (AvgIpc) is 2.91. The molecule has 1 fully saturated rings. The zero-order valence-corrected chi connectivity index (χ0v) is 17.0. The fourth-order valence-electron chi connectivity index (χ4n) is 4.06. The van der Waals surface area contributed by atoms with Crippen LogP contribution < -0.4 is 15.5 Å². The number of carbonyl (C=O) groups is 2. The molecule has 29 heavy (non-hydrogen) atoms. The first-order valence-corrected chi connectivity index (χ1v) is 9.83. The Morgan fingerprint density at radius 1 is 1.07 bits per heavy atom. The van der Waals surface area contributed by atoms with Crippen molar-refractivity contribution in [1.82, 2.24) is 10.6 Å². The van der Waals surface area contributed by atoms with Crippen LogP contribution >= 0.6 is 12.4 Å². The maximum Gasteiger partial charge on any atom is 0.335 e. The predicted octanol–water partition coefficient (Wildman–Crippen LogP) is 3.03. The first kappa shape index (κ1) is 21.1. The van der Waals surface area contributed by atoms with Crippen LogP contribution in [-0.4, -0.2) is 42.8 Å². The summed E-state index contributed by atoms with van der Waals surface area (Å²) < 4.78 is 0. The fraction of sp³-hybridized carbons (Fsp3) is 0.364. The minimum Gasteiger partial charge on any atom is -0.478 e. The molecule has 0 bridgehead atoms. The number of nitrogens with one attached hydrogen (secondary N) is 2. The third kappa shape index (κ3) is 4.71. The van der Waals surface area contributed by atoms with E-state index in [4.69, 9.17) is 5.11 Å². The summed E-state index contributed by atoms with van der Waals surface area (Å²) in [6.07, 6.45) is 3.63. The lowest BCUT2D eigenvalue weighted by atomic mass is 10.0. The smallest absolute Gasteiger partial charge is 0.335 e. The van der Waals surface area contributed by atoms with Crippen molar-refractivity contribution in [3.05, 3.63) is 64.7 Å². The number of benzene rings is 2. The molecule has 2 amide bonds. The van der Waals surface area contributed by atoms with E-state index in [9.17, 15) is 9.59 Å². The summed E-state index contributed by atoms with van der Waals surface area (Å²) in [5, 5.41) is 15.4. The Labute approximate surface area is 176 Å². The summed E-state index contributed by atoms with van der Waals surface area (Å²) in [7, 11) is 0. The lowest BCUT2D eigenvalue weighted by Crippen LogP contribution is -2.34. The van der Waals surface area contributed by atoms with Gasteiger partial charge in [-0.15, -0.1) is 12.4 Å². The Bertz CT molecular complexity index is 885. The molecular weight excluding hydrogens is 390 g/mol. The average molecular weight is 416 g/mol. The molecule has 7 heteroatoms. The van der Waals surface area contributed by atoms with Gasteiger partial charge in [0, 0.05) is 12.2 Å². The van der Waals surface area contributed by atoms with Gasteiger partial charge in [0.05, 0.1) is 11.6 Å². The number of anilines is 1. The SMILES string of the molecule is Cl.O=C(O)c1ccc(CCC2CNC(=O)N2c2ccc3c(c2)CCNCC3)cc1. The molecule has 3 N–H and O–H groups in total. The highest BCUT2D eigenvalue weighted by Crippen LogP contribution is 2.27. The largest absolute Gasteiger partial charge is 0.478 e. The van der Waals surface area contributed by atoms with Crippen LogP contribution in [0, 0.1) is 0 Å². The first-order valence-electron chi connectivity index (χ1n) is 9.83. The van der Waals surface area contributed by atoms with Crippen molar-refractivity contribution in [3.8, 4) is 0 Å².